The average molecular weight is 185 g/mol. The summed E-state index contributed by atoms with van der Waals surface area (Å²) in [6, 6.07) is 0. The molecule has 4 heteroatoms. The highest BCUT2D eigenvalue weighted by molar-refractivity contribution is 7.02. The minimum atomic E-state index is 0.778. The van der Waals surface area contributed by atoms with Gasteiger partial charge in [0.05, 0.1) is 11.5 Å². The molecule has 3 nitrogen and oxygen atoms in total. The van der Waals surface area contributed by atoms with Crippen molar-refractivity contribution in [1.82, 2.24) is 8.95 Å². The van der Waals surface area contributed by atoms with Gasteiger partial charge in [-0.3, -0.25) is 0 Å². The van der Waals surface area contributed by atoms with Crippen LogP contribution in [-0.4, -0.2) is 17.5 Å². The zero-order chi connectivity index (χ0) is 8.39. The molecule has 1 fully saturated rings. The Balaban J connectivity index is 2.34. The highest BCUT2D eigenvalue weighted by Gasteiger charge is 2.14. The number of hydrogen-bond donors (Lipinski definition) is 0. The first-order valence-electron chi connectivity index (χ1n) is 4.37. The van der Waals surface area contributed by atoms with Crippen molar-refractivity contribution in [2.75, 3.05) is 13.1 Å². The summed E-state index contributed by atoms with van der Waals surface area (Å²) in [5, 5.41) is 0. The molecule has 1 aliphatic rings. The van der Waals surface area contributed by atoms with Crippen LogP contribution in [0.5, 0.6) is 0 Å². The topological polar surface area (TPSA) is 29.0 Å². The molecule has 0 amide bonds. The van der Waals surface area contributed by atoms with E-state index in [-0.39, 0.29) is 0 Å². The Morgan fingerprint density at radius 1 is 1.33 bits per heavy atom. The van der Waals surface area contributed by atoms with Gasteiger partial charge in [-0.2, -0.15) is 8.95 Å². The maximum atomic E-state index is 5.46. The molecular weight excluding hydrogens is 172 g/mol. The molecule has 0 aliphatic carbocycles. The second-order valence-electron chi connectivity index (χ2n) is 3.12. The lowest BCUT2D eigenvalue weighted by Gasteiger charge is -2.06. The van der Waals surface area contributed by atoms with Crippen LogP contribution in [0.25, 0.3) is 0 Å². The Morgan fingerprint density at radius 2 is 2.08 bits per heavy atom. The highest BCUT2D eigenvalue weighted by Crippen LogP contribution is 2.01. The van der Waals surface area contributed by atoms with Gasteiger partial charge in [-0.15, -0.1) is 0 Å². The van der Waals surface area contributed by atoms with Crippen LogP contribution in [-0.2, 0) is 0 Å². The Bertz CT molecular complexity index is 318. The molecule has 0 N–H and O–H groups in total. The van der Waals surface area contributed by atoms with E-state index in [0.717, 1.165) is 23.8 Å². The molecule has 0 atom stereocenters. The van der Waals surface area contributed by atoms with Crippen LogP contribution in [0, 0.1) is 6.92 Å². The second-order valence-corrected chi connectivity index (χ2v) is 3.83. The van der Waals surface area contributed by atoms with E-state index in [1.54, 1.807) is 0 Å². The zero-order valence-corrected chi connectivity index (χ0v) is 8.06. The van der Waals surface area contributed by atoms with Crippen molar-refractivity contribution >= 4 is 11.5 Å². The van der Waals surface area contributed by atoms with E-state index in [9.17, 15) is 0 Å². The van der Waals surface area contributed by atoms with Crippen molar-refractivity contribution in [2.45, 2.75) is 26.2 Å². The van der Waals surface area contributed by atoms with Gasteiger partial charge in [0.1, 0.15) is 13.1 Å². The van der Waals surface area contributed by atoms with Gasteiger partial charge in [-0.25, -0.2) is 0 Å². The fourth-order valence-corrected chi connectivity index (χ4v) is 2.17. The van der Waals surface area contributed by atoms with Gasteiger partial charge >= 0.3 is 4.87 Å². The summed E-state index contributed by atoms with van der Waals surface area (Å²) in [6.07, 6.45) is 3.92. The molecule has 2 heterocycles. The first kappa shape index (κ1) is 7.98. The molecule has 0 saturated carbocycles. The fourth-order valence-electron chi connectivity index (χ4n) is 1.47. The molecule has 0 bridgehead atoms. The van der Waals surface area contributed by atoms with E-state index >= 15 is 0 Å². The monoisotopic (exact) mass is 185 g/mol. The normalized spacial score (nSPS) is 18.2. The summed E-state index contributed by atoms with van der Waals surface area (Å²) in [4.78, 5) is 0.979. The van der Waals surface area contributed by atoms with E-state index < -0.39 is 0 Å². The molecule has 0 unspecified atom stereocenters. The molecule has 0 radical (unpaired) electrons. The Kier molecular flexibility index (Phi) is 2.26. The van der Waals surface area contributed by atoms with E-state index in [2.05, 4.69) is 8.95 Å². The lowest BCUT2D eigenvalue weighted by atomic mass is 10.2. The molecule has 1 aromatic rings. The predicted molar refractivity (Wildman–Crippen MR) is 48.0 cm³/mol. The third kappa shape index (κ3) is 1.58. The molecule has 66 valence electrons. The summed E-state index contributed by atoms with van der Waals surface area (Å²) in [6.45, 7) is 4.15. The number of aryl methyl sites for hydroxylation is 1. The van der Waals surface area contributed by atoms with Gasteiger partial charge in [-0.05, 0) is 6.42 Å². The zero-order valence-electron chi connectivity index (χ0n) is 7.25. The van der Waals surface area contributed by atoms with Crippen LogP contribution < -0.4 is 9.44 Å². The molecular formula is C8H13N2OS+. The Labute approximate surface area is 75.5 Å². The number of aromatic nitrogens is 1. The van der Waals surface area contributed by atoms with E-state index in [1.165, 1.54) is 30.8 Å². The molecule has 1 aromatic heterocycles. The molecule has 12 heavy (non-hydrogen) atoms. The van der Waals surface area contributed by atoms with Crippen LogP contribution in [0.2, 0.25) is 0 Å². The fraction of sp³-hybridized carbons (Fsp3) is 0.750. The van der Waals surface area contributed by atoms with Crippen LogP contribution in [0.15, 0.2) is 4.42 Å². The lowest BCUT2D eigenvalue weighted by Crippen LogP contribution is -2.32. The SMILES string of the molecule is Cc1nsc(=[N+]2CCCCC2)o1. The van der Waals surface area contributed by atoms with Crippen LogP contribution in [0.1, 0.15) is 25.2 Å². The number of hydrogen-bond acceptors (Lipinski definition) is 3. The van der Waals surface area contributed by atoms with Crippen molar-refractivity contribution in [3.8, 4) is 0 Å². The van der Waals surface area contributed by atoms with E-state index in [1.807, 2.05) is 6.92 Å². The third-order valence-electron chi connectivity index (χ3n) is 2.10. The van der Waals surface area contributed by atoms with Crippen molar-refractivity contribution < 1.29 is 4.42 Å². The summed E-state index contributed by atoms with van der Waals surface area (Å²) in [5.74, 6) is 0.778. The van der Waals surface area contributed by atoms with Crippen molar-refractivity contribution in [1.29, 1.82) is 0 Å². The summed E-state index contributed by atoms with van der Waals surface area (Å²) in [5.41, 5.74) is 0. The van der Waals surface area contributed by atoms with Gasteiger partial charge in [0, 0.05) is 19.8 Å². The average Bonchev–Trinajstić information content (AvgIpc) is 2.54. The first-order chi connectivity index (χ1) is 5.86. The smallest absolute Gasteiger partial charge is 0.380 e. The van der Waals surface area contributed by atoms with Crippen molar-refractivity contribution in [2.24, 2.45) is 0 Å². The van der Waals surface area contributed by atoms with Gasteiger partial charge in [0.25, 0.3) is 0 Å². The van der Waals surface area contributed by atoms with Crippen molar-refractivity contribution in [3.05, 3.63) is 10.8 Å². The quantitative estimate of drug-likeness (QED) is 0.564. The van der Waals surface area contributed by atoms with Gasteiger partial charge in [0.15, 0.2) is 0 Å². The van der Waals surface area contributed by atoms with Gasteiger partial charge in [-0.1, -0.05) is 0 Å². The maximum absolute atomic E-state index is 5.46. The van der Waals surface area contributed by atoms with Crippen LogP contribution >= 0.6 is 11.5 Å². The summed E-state index contributed by atoms with van der Waals surface area (Å²) < 4.78 is 11.9. The molecule has 1 aliphatic heterocycles. The number of nitrogens with zero attached hydrogens (tertiary/aromatic N) is 2. The van der Waals surface area contributed by atoms with E-state index in [0.29, 0.717) is 0 Å². The number of rotatable bonds is 0. The summed E-state index contributed by atoms with van der Waals surface area (Å²) in [7, 11) is 0. The molecule has 0 spiro atoms. The van der Waals surface area contributed by atoms with Crippen LogP contribution in [0.3, 0.4) is 0 Å². The van der Waals surface area contributed by atoms with E-state index in [4.69, 9.17) is 4.42 Å². The number of piperidine rings is 1. The Hall–Kier alpha value is -0.640. The highest BCUT2D eigenvalue weighted by atomic mass is 32.1. The van der Waals surface area contributed by atoms with Crippen molar-refractivity contribution in [3.63, 3.8) is 0 Å². The molecule has 1 saturated heterocycles. The molecule has 2 rings (SSSR count). The van der Waals surface area contributed by atoms with Gasteiger partial charge < -0.3 is 4.42 Å². The Morgan fingerprint density at radius 3 is 2.67 bits per heavy atom. The standard InChI is InChI=1S/C8H13N2OS/c1-7-9-12-8(11-7)10-5-3-2-4-6-10/h2-6H2,1H3/q+1. The maximum Gasteiger partial charge on any atom is 0.449 e. The largest absolute Gasteiger partial charge is 0.449 e. The lowest BCUT2D eigenvalue weighted by molar-refractivity contribution is 0.376. The second kappa shape index (κ2) is 3.39. The third-order valence-corrected chi connectivity index (χ3v) is 2.95. The summed E-state index contributed by atoms with van der Waals surface area (Å²) >= 11 is 1.47. The minimum Gasteiger partial charge on any atom is -0.380 e. The molecule has 0 aromatic carbocycles. The van der Waals surface area contributed by atoms with Gasteiger partial charge in [0.2, 0.25) is 5.89 Å². The predicted octanol–water partition coefficient (Wildman–Crippen LogP) is 1.00. The minimum absolute atomic E-state index is 0.778. The first-order valence-corrected chi connectivity index (χ1v) is 5.15. The van der Waals surface area contributed by atoms with Crippen LogP contribution in [0.4, 0.5) is 0 Å².